The second-order valence-corrected chi connectivity index (χ2v) is 10.9. The molecule has 8 nitrogen and oxygen atoms in total. The number of methoxy groups -OCH3 is 1. The molecule has 0 unspecified atom stereocenters. The van der Waals surface area contributed by atoms with Crippen LogP contribution in [0.1, 0.15) is 18.9 Å². The van der Waals surface area contributed by atoms with Gasteiger partial charge in [0.2, 0.25) is 11.0 Å². The summed E-state index contributed by atoms with van der Waals surface area (Å²) < 4.78 is 34.1. The minimum Gasteiger partial charge on any atom is -0.495 e. The number of nitrogens with one attached hydrogen (secondary N) is 1. The monoisotopic (exact) mass is 492 g/mol. The molecule has 0 saturated heterocycles. The third-order valence-corrected chi connectivity index (χ3v) is 8.28. The molecular weight excluding hydrogens is 468 g/mol. The molecule has 1 aromatic heterocycles. The minimum absolute atomic E-state index is 0.0796. The summed E-state index contributed by atoms with van der Waals surface area (Å²) in [5, 5.41) is 11.0. The Morgan fingerprint density at radius 2 is 1.88 bits per heavy atom. The van der Waals surface area contributed by atoms with Gasteiger partial charge in [0.05, 0.1) is 17.7 Å². The van der Waals surface area contributed by atoms with Crippen molar-refractivity contribution in [3.63, 3.8) is 0 Å². The highest BCUT2D eigenvalue weighted by atomic mass is 32.2. The number of carbonyl (C=O) groups is 1. The molecule has 2 aromatic carbocycles. The second kappa shape index (κ2) is 10.8. The zero-order valence-electron chi connectivity index (χ0n) is 17.9. The Labute approximate surface area is 196 Å². The lowest BCUT2D eigenvalue weighted by Gasteiger charge is -2.25. The molecule has 1 N–H and O–H groups in total. The molecule has 0 aliphatic heterocycles. The van der Waals surface area contributed by atoms with E-state index < -0.39 is 22.5 Å². The van der Waals surface area contributed by atoms with Crippen LogP contribution in [0.2, 0.25) is 0 Å². The van der Waals surface area contributed by atoms with Crippen molar-refractivity contribution in [2.24, 2.45) is 0 Å². The van der Waals surface area contributed by atoms with Crippen LogP contribution in [0, 0.1) is 6.92 Å². The standard InChI is InChI=1S/C21H24N4O4S3/c1-4-13-30-21-24-23-20(31-21)22-19(26)14-25(17-7-5-6-8-18(17)29-3)32(27,28)16-11-9-15(2)10-12-16/h5-12H,4,13-14H2,1-3H3,(H,22,23,26). The van der Waals surface area contributed by atoms with Gasteiger partial charge in [-0.05, 0) is 37.6 Å². The average molecular weight is 493 g/mol. The van der Waals surface area contributed by atoms with Crippen LogP contribution >= 0.6 is 23.1 Å². The van der Waals surface area contributed by atoms with Crippen molar-refractivity contribution in [2.75, 3.05) is 29.0 Å². The average Bonchev–Trinajstić information content (AvgIpc) is 3.23. The summed E-state index contributed by atoms with van der Waals surface area (Å²) in [6.07, 6.45) is 0.997. The minimum atomic E-state index is -4.04. The molecule has 3 aromatic rings. The number of ether oxygens (including phenoxy) is 1. The van der Waals surface area contributed by atoms with E-state index in [1.165, 1.54) is 30.6 Å². The second-order valence-electron chi connectivity index (χ2n) is 6.77. The Balaban J connectivity index is 1.90. The normalized spacial score (nSPS) is 11.2. The highest BCUT2D eigenvalue weighted by Crippen LogP contribution is 2.32. The summed E-state index contributed by atoms with van der Waals surface area (Å²) in [6.45, 7) is 3.49. The predicted molar refractivity (Wildman–Crippen MR) is 128 cm³/mol. The molecule has 170 valence electrons. The first-order valence-corrected chi connectivity index (χ1v) is 13.1. The van der Waals surface area contributed by atoms with Crippen molar-refractivity contribution in [1.29, 1.82) is 0 Å². The molecule has 11 heteroatoms. The summed E-state index contributed by atoms with van der Waals surface area (Å²) in [6, 6.07) is 13.1. The molecule has 1 amide bonds. The Kier molecular flexibility index (Phi) is 8.10. The molecule has 0 aliphatic carbocycles. The van der Waals surface area contributed by atoms with E-state index in [1.807, 2.05) is 6.92 Å². The largest absolute Gasteiger partial charge is 0.495 e. The highest BCUT2D eigenvalue weighted by Gasteiger charge is 2.29. The molecule has 0 aliphatic rings. The van der Waals surface area contributed by atoms with Crippen molar-refractivity contribution in [1.82, 2.24) is 10.2 Å². The Hall–Kier alpha value is -2.63. The molecule has 0 bridgehead atoms. The van der Waals surface area contributed by atoms with Crippen molar-refractivity contribution in [2.45, 2.75) is 29.5 Å². The van der Waals surface area contributed by atoms with E-state index in [1.54, 1.807) is 48.2 Å². The number of para-hydroxylation sites is 2. The number of nitrogens with zero attached hydrogens (tertiary/aromatic N) is 3. The maximum Gasteiger partial charge on any atom is 0.264 e. The fraction of sp³-hybridized carbons (Fsp3) is 0.286. The fourth-order valence-electron chi connectivity index (χ4n) is 2.77. The fourth-order valence-corrected chi connectivity index (χ4v) is 5.90. The smallest absolute Gasteiger partial charge is 0.264 e. The third kappa shape index (κ3) is 5.78. The van der Waals surface area contributed by atoms with Crippen LogP contribution in [-0.4, -0.2) is 43.9 Å². The van der Waals surface area contributed by atoms with E-state index in [2.05, 4.69) is 22.4 Å². The number of sulfonamides is 1. The number of benzene rings is 2. The number of hydrogen-bond acceptors (Lipinski definition) is 8. The van der Waals surface area contributed by atoms with Gasteiger partial charge in [-0.15, -0.1) is 10.2 Å². The molecule has 0 saturated carbocycles. The third-order valence-electron chi connectivity index (χ3n) is 4.33. The van der Waals surface area contributed by atoms with Gasteiger partial charge in [-0.1, -0.05) is 59.9 Å². The number of rotatable bonds is 10. The van der Waals surface area contributed by atoms with Gasteiger partial charge < -0.3 is 4.74 Å². The molecule has 0 fully saturated rings. The molecule has 0 spiro atoms. The van der Waals surface area contributed by atoms with Gasteiger partial charge >= 0.3 is 0 Å². The Morgan fingerprint density at radius 3 is 2.56 bits per heavy atom. The molecule has 0 radical (unpaired) electrons. The molecule has 0 atom stereocenters. The zero-order valence-corrected chi connectivity index (χ0v) is 20.4. The van der Waals surface area contributed by atoms with Crippen LogP contribution in [-0.2, 0) is 14.8 Å². The Morgan fingerprint density at radius 1 is 1.16 bits per heavy atom. The summed E-state index contributed by atoms with van der Waals surface area (Å²) in [5.41, 5.74) is 1.20. The number of thioether (sulfide) groups is 1. The van der Waals surface area contributed by atoms with Gasteiger partial charge in [-0.2, -0.15) is 0 Å². The van der Waals surface area contributed by atoms with Gasteiger partial charge in [0, 0.05) is 5.75 Å². The van der Waals surface area contributed by atoms with Gasteiger partial charge in [0.1, 0.15) is 12.3 Å². The predicted octanol–water partition coefficient (Wildman–Crippen LogP) is 4.19. The first-order chi connectivity index (χ1) is 15.3. The van der Waals surface area contributed by atoms with Crippen LogP contribution < -0.4 is 14.4 Å². The van der Waals surface area contributed by atoms with Gasteiger partial charge in [-0.3, -0.25) is 14.4 Å². The summed E-state index contributed by atoms with van der Waals surface area (Å²) in [5.74, 6) is 0.707. The summed E-state index contributed by atoms with van der Waals surface area (Å²) in [7, 11) is -2.59. The van der Waals surface area contributed by atoms with E-state index in [0.717, 1.165) is 26.4 Å². The number of aromatic nitrogens is 2. The van der Waals surface area contributed by atoms with Gasteiger partial charge in [0.15, 0.2) is 4.34 Å². The topological polar surface area (TPSA) is 101 Å². The summed E-state index contributed by atoms with van der Waals surface area (Å²) in [4.78, 5) is 12.9. The maximum atomic E-state index is 13.5. The van der Waals surface area contributed by atoms with E-state index in [-0.39, 0.29) is 10.6 Å². The first-order valence-electron chi connectivity index (χ1n) is 9.83. The van der Waals surface area contributed by atoms with E-state index in [0.29, 0.717) is 10.9 Å². The van der Waals surface area contributed by atoms with Crippen LogP contribution in [0.3, 0.4) is 0 Å². The lowest BCUT2D eigenvalue weighted by atomic mass is 10.2. The van der Waals surface area contributed by atoms with Crippen LogP contribution in [0.5, 0.6) is 5.75 Å². The van der Waals surface area contributed by atoms with E-state index >= 15 is 0 Å². The highest BCUT2D eigenvalue weighted by molar-refractivity contribution is 8.01. The lowest BCUT2D eigenvalue weighted by molar-refractivity contribution is -0.114. The summed E-state index contributed by atoms with van der Waals surface area (Å²) >= 11 is 2.81. The SMILES string of the molecule is CCCSc1nnc(NC(=O)CN(c2ccccc2OC)S(=O)(=O)c2ccc(C)cc2)s1. The Bertz CT molecular complexity index is 1160. The van der Waals surface area contributed by atoms with Gasteiger partial charge in [0.25, 0.3) is 10.0 Å². The van der Waals surface area contributed by atoms with Crippen molar-refractivity contribution in [3.05, 3.63) is 54.1 Å². The van der Waals surface area contributed by atoms with E-state index in [9.17, 15) is 13.2 Å². The first kappa shape index (κ1) is 24.0. The lowest BCUT2D eigenvalue weighted by Crippen LogP contribution is -2.38. The number of carbonyl (C=O) groups excluding carboxylic acids is 1. The van der Waals surface area contributed by atoms with Crippen LogP contribution in [0.15, 0.2) is 57.8 Å². The number of anilines is 2. The number of aryl methyl sites for hydroxylation is 1. The van der Waals surface area contributed by atoms with Crippen LogP contribution in [0.25, 0.3) is 0 Å². The zero-order chi connectivity index (χ0) is 23.1. The van der Waals surface area contributed by atoms with Gasteiger partial charge in [-0.25, -0.2) is 8.42 Å². The quantitative estimate of drug-likeness (QED) is 0.334. The number of hydrogen-bond donors (Lipinski definition) is 1. The van der Waals surface area contributed by atoms with Crippen molar-refractivity contribution >= 4 is 49.8 Å². The van der Waals surface area contributed by atoms with E-state index in [4.69, 9.17) is 4.74 Å². The maximum absolute atomic E-state index is 13.5. The molecular formula is C21H24N4O4S3. The van der Waals surface area contributed by atoms with Crippen LogP contribution in [0.4, 0.5) is 10.8 Å². The molecule has 1 heterocycles. The van der Waals surface area contributed by atoms with Crippen molar-refractivity contribution < 1.29 is 17.9 Å². The number of amides is 1. The molecule has 32 heavy (non-hydrogen) atoms. The molecule has 3 rings (SSSR count). The van der Waals surface area contributed by atoms with Crippen molar-refractivity contribution in [3.8, 4) is 5.75 Å².